The molecular weight excluding hydrogens is 396 g/mol. The summed E-state index contributed by atoms with van der Waals surface area (Å²) in [5.74, 6) is -0.0348. The standard InChI is InChI=1S/C21H21F2N3O2S/c22-13-1-2-18-17(9-13)26-21(29-18)25-14-10-15(11-14)28-20-19(16(23)3-6-24-20)12-4-7-27-8-5-12/h1-3,6,9,12,14-15H,4-5,7-8,10-11H2,(H,25,26). The Balaban J connectivity index is 1.22. The minimum Gasteiger partial charge on any atom is -0.474 e. The summed E-state index contributed by atoms with van der Waals surface area (Å²) in [6, 6.07) is 6.26. The zero-order chi connectivity index (χ0) is 19.8. The van der Waals surface area contributed by atoms with Crippen molar-refractivity contribution in [2.24, 2.45) is 0 Å². The molecule has 0 atom stereocenters. The number of anilines is 1. The van der Waals surface area contributed by atoms with E-state index in [4.69, 9.17) is 9.47 Å². The van der Waals surface area contributed by atoms with Crippen molar-refractivity contribution in [3.05, 3.63) is 47.7 Å². The highest BCUT2D eigenvalue weighted by molar-refractivity contribution is 7.22. The van der Waals surface area contributed by atoms with Gasteiger partial charge in [0.1, 0.15) is 17.7 Å². The lowest BCUT2D eigenvalue weighted by Crippen LogP contribution is -2.42. The first-order valence-corrected chi connectivity index (χ1v) is 10.7. The molecule has 1 saturated carbocycles. The van der Waals surface area contributed by atoms with Crippen molar-refractivity contribution < 1.29 is 18.3 Å². The molecule has 1 aliphatic carbocycles. The van der Waals surface area contributed by atoms with E-state index in [1.54, 1.807) is 6.07 Å². The highest BCUT2D eigenvalue weighted by atomic mass is 32.1. The molecule has 3 heterocycles. The van der Waals surface area contributed by atoms with E-state index in [1.165, 1.54) is 35.7 Å². The second kappa shape index (κ2) is 7.84. The highest BCUT2D eigenvalue weighted by Gasteiger charge is 2.34. The Kier molecular flexibility index (Phi) is 5.05. The van der Waals surface area contributed by atoms with Crippen LogP contribution in [0.25, 0.3) is 10.2 Å². The Morgan fingerprint density at radius 3 is 2.79 bits per heavy atom. The number of nitrogens with one attached hydrogen (secondary N) is 1. The van der Waals surface area contributed by atoms with E-state index in [9.17, 15) is 8.78 Å². The number of ether oxygens (including phenoxy) is 2. The number of aromatic nitrogens is 2. The summed E-state index contributed by atoms with van der Waals surface area (Å²) in [6.07, 6.45) is 4.60. The van der Waals surface area contributed by atoms with Crippen LogP contribution in [-0.4, -0.2) is 35.3 Å². The van der Waals surface area contributed by atoms with Gasteiger partial charge in [-0.25, -0.2) is 18.7 Å². The molecule has 8 heteroatoms. The number of pyridine rings is 1. The molecule has 1 saturated heterocycles. The Hall–Kier alpha value is -2.32. The third kappa shape index (κ3) is 3.91. The summed E-state index contributed by atoms with van der Waals surface area (Å²) in [5, 5.41) is 4.16. The number of hydrogen-bond donors (Lipinski definition) is 1. The molecule has 2 fully saturated rings. The predicted octanol–water partition coefficient (Wildman–Crippen LogP) is 4.89. The maximum Gasteiger partial charge on any atom is 0.220 e. The molecule has 0 bridgehead atoms. The van der Waals surface area contributed by atoms with Crippen molar-refractivity contribution in [3.63, 3.8) is 0 Å². The van der Waals surface area contributed by atoms with Gasteiger partial charge in [0.05, 0.1) is 15.8 Å². The first-order valence-electron chi connectivity index (χ1n) is 9.87. The van der Waals surface area contributed by atoms with Crippen molar-refractivity contribution >= 4 is 26.7 Å². The van der Waals surface area contributed by atoms with Crippen LogP contribution in [0.2, 0.25) is 0 Å². The van der Waals surface area contributed by atoms with Crippen LogP contribution in [-0.2, 0) is 4.74 Å². The van der Waals surface area contributed by atoms with Crippen LogP contribution in [0.15, 0.2) is 30.5 Å². The zero-order valence-electron chi connectivity index (χ0n) is 15.7. The van der Waals surface area contributed by atoms with E-state index in [0.717, 1.165) is 35.5 Å². The Morgan fingerprint density at radius 1 is 1.14 bits per heavy atom. The number of nitrogens with zero attached hydrogens (tertiary/aromatic N) is 2. The predicted molar refractivity (Wildman–Crippen MR) is 108 cm³/mol. The number of halogens is 2. The van der Waals surface area contributed by atoms with Crippen molar-refractivity contribution in [3.8, 4) is 5.88 Å². The monoisotopic (exact) mass is 417 g/mol. The average molecular weight is 417 g/mol. The first-order chi connectivity index (χ1) is 14.2. The topological polar surface area (TPSA) is 56.3 Å². The fraction of sp³-hybridized carbons (Fsp3) is 0.429. The summed E-state index contributed by atoms with van der Waals surface area (Å²) < 4.78 is 40.2. The second-order valence-corrected chi connectivity index (χ2v) is 8.61. The molecule has 0 amide bonds. The molecule has 1 aliphatic heterocycles. The van der Waals surface area contributed by atoms with Gasteiger partial charge in [-0.2, -0.15) is 0 Å². The summed E-state index contributed by atoms with van der Waals surface area (Å²) in [5.41, 5.74) is 1.25. The molecule has 5 nitrogen and oxygen atoms in total. The molecule has 29 heavy (non-hydrogen) atoms. The number of fused-ring (bicyclic) bond motifs is 1. The van der Waals surface area contributed by atoms with Gasteiger partial charge in [0.25, 0.3) is 0 Å². The molecule has 2 aromatic heterocycles. The highest BCUT2D eigenvalue weighted by Crippen LogP contribution is 2.37. The van der Waals surface area contributed by atoms with E-state index in [2.05, 4.69) is 15.3 Å². The third-order valence-corrected chi connectivity index (χ3v) is 6.55. The number of rotatable bonds is 5. The largest absolute Gasteiger partial charge is 0.474 e. The molecule has 0 spiro atoms. The average Bonchev–Trinajstić information content (AvgIpc) is 3.08. The molecule has 1 aromatic carbocycles. The number of thiazole rings is 1. The van der Waals surface area contributed by atoms with Gasteiger partial charge in [0.2, 0.25) is 5.88 Å². The Morgan fingerprint density at radius 2 is 1.97 bits per heavy atom. The smallest absolute Gasteiger partial charge is 0.220 e. The first kappa shape index (κ1) is 18.7. The maximum atomic E-state index is 14.5. The quantitative estimate of drug-likeness (QED) is 0.641. The fourth-order valence-corrected chi connectivity index (χ4v) is 4.88. The molecule has 0 radical (unpaired) electrons. The van der Waals surface area contributed by atoms with Gasteiger partial charge >= 0.3 is 0 Å². The lowest BCUT2D eigenvalue weighted by Gasteiger charge is -2.36. The van der Waals surface area contributed by atoms with Gasteiger partial charge in [0, 0.05) is 44.4 Å². The third-order valence-electron chi connectivity index (χ3n) is 5.58. The fourth-order valence-electron chi connectivity index (χ4n) is 3.96. The summed E-state index contributed by atoms with van der Waals surface area (Å²) >= 11 is 1.51. The van der Waals surface area contributed by atoms with E-state index >= 15 is 0 Å². The maximum absolute atomic E-state index is 14.5. The summed E-state index contributed by atoms with van der Waals surface area (Å²) in [6.45, 7) is 1.28. The van der Waals surface area contributed by atoms with Gasteiger partial charge in [-0.05, 0) is 37.0 Å². The van der Waals surface area contributed by atoms with Gasteiger partial charge in [-0.15, -0.1) is 0 Å². The SMILES string of the molecule is Fc1ccc2sc(NC3CC(Oc4nccc(F)c4C4CCOCC4)C3)nc2c1. The molecule has 3 aromatic rings. The van der Waals surface area contributed by atoms with E-state index in [0.29, 0.717) is 30.2 Å². The van der Waals surface area contributed by atoms with Gasteiger partial charge in [-0.1, -0.05) is 11.3 Å². The molecular formula is C21H21F2N3O2S. The second-order valence-electron chi connectivity index (χ2n) is 7.58. The van der Waals surface area contributed by atoms with Crippen LogP contribution < -0.4 is 10.1 Å². The molecule has 0 unspecified atom stereocenters. The molecule has 5 rings (SSSR count). The van der Waals surface area contributed by atoms with Crippen molar-refractivity contribution in [2.75, 3.05) is 18.5 Å². The van der Waals surface area contributed by atoms with E-state index in [-0.39, 0.29) is 29.7 Å². The Bertz CT molecular complexity index is 1020. The minimum atomic E-state index is -0.283. The van der Waals surface area contributed by atoms with Gasteiger partial charge in [-0.3, -0.25) is 0 Å². The van der Waals surface area contributed by atoms with E-state index in [1.807, 2.05) is 0 Å². The van der Waals surface area contributed by atoms with Crippen LogP contribution in [0.3, 0.4) is 0 Å². The summed E-state index contributed by atoms with van der Waals surface area (Å²) in [4.78, 5) is 8.76. The molecule has 152 valence electrons. The van der Waals surface area contributed by atoms with Crippen LogP contribution in [0.5, 0.6) is 5.88 Å². The number of benzene rings is 1. The van der Waals surface area contributed by atoms with E-state index < -0.39 is 0 Å². The van der Waals surface area contributed by atoms with Crippen molar-refractivity contribution in [1.29, 1.82) is 0 Å². The van der Waals surface area contributed by atoms with Gasteiger partial charge < -0.3 is 14.8 Å². The van der Waals surface area contributed by atoms with Crippen LogP contribution in [0.4, 0.5) is 13.9 Å². The lowest BCUT2D eigenvalue weighted by molar-refractivity contribution is 0.0782. The molecule has 1 N–H and O–H groups in total. The normalized spacial score (nSPS) is 22.4. The van der Waals surface area contributed by atoms with Crippen LogP contribution in [0, 0.1) is 11.6 Å². The molecule has 2 aliphatic rings. The Labute approximate surface area is 171 Å². The summed E-state index contributed by atoms with van der Waals surface area (Å²) in [7, 11) is 0. The minimum absolute atomic E-state index is 0.00721. The zero-order valence-corrected chi connectivity index (χ0v) is 16.6. The van der Waals surface area contributed by atoms with Gasteiger partial charge in [0.15, 0.2) is 5.13 Å². The van der Waals surface area contributed by atoms with Crippen LogP contribution >= 0.6 is 11.3 Å². The van der Waals surface area contributed by atoms with Crippen LogP contribution in [0.1, 0.15) is 37.2 Å². The van der Waals surface area contributed by atoms with Crippen molar-refractivity contribution in [1.82, 2.24) is 9.97 Å². The van der Waals surface area contributed by atoms with Crippen molar-refractivity contribution in [2.45, 2.75) is 43.7 Å². The lowest BCUT2D eigenvalue weighted by atomic mass is 9.89. The number of hydrogen-bond acceptors (Lipinski definition) is 6.